The number of hydrogen-bond acceptors (Lipinski definition) is 4. The summed E-state index contributed by atoms with van der Waals surface area (Å²) in [7, 11) is 0. The van der Waals surface area contributed by atoms with E-state index in [0.29, 0.717) is 11.1 Å². The Hall–Kier alpha value is -4.28. The second-order valence-electron chi connectivity index (χ2n) is 9.06. The molecule has 0 N–H and O–H groups in total. The van der Waals surface area contributed by atoms with E-state index in [-0.39, 0.29) is 22.6 Å². The summed E-state index contributed by atoms with van der Waals surface area (Å²) in [6, 6.07) is 21.6. The van der Waals surface area contributed by atoms with E-state index in [0.717, 1.165) is 24.0 Å². The van der Waals surface area contributed by atoms with Crippen LogP contribution in [0.5, 0.6) is 0 Å². The number of Topliss-reactive ketones (excluding diaryl/α,β-unsaturated/α-hetero) is 2. The Bertz CT molecular complexity index is 1260. The van der Waals surface area contributed by atoms with Crippen molar-refractivity contribution in [2.75, 3.05) is 0 Å². The molecule has 1 aliphatic rings. The van der Waals surface area contributed by atoms with E-state index >= 15 is 0 Å². The van der Waals surface area contributed by atoms with Gasteiger partial charge in [-0.25, -0.2) is 0 Å². The molecule has 0 heterocycles. The van der Waals surface area contributed by atoms with Gasteiger partial charge in [0.05, 0.1) is 11.6 Å². The number of nitriles is 2. The molecule has 34 heavy (non-hydrogen) atoms. The van der Waals surface area contributed by atoms with E-state index in [1.807, 2.05) is 36.4 Å². The molecule has 0 amide bonds. The third kappa shape index (κ3) is 6.37. The fraction of sp³-hybridized carbons (Fsp3) is 0.200. The highest BCUT2D eigenvalue weighted by Gasteiger charge is 2.25. The van der Waals surface area contributed by atoms with Gasteiger partial charge in [-0.05, 0) is 35.5 Å². The second kappa shape index (κ2) is 11.0. The van der Waals surface area contributed by atoms with Crippen LogP contribution >= 0.6 is 0 Å². The Morgan fingerprint density at radius 2 is 1.56 bits per heavy atom. The summed E-state index contributed by atoms with van der Waals surface area (Å²) in [5.41, 5.74) is 2.98. The van der Waals surface area contributed by atoms with Gasteiger partial charge in [0.25, 0.3) is 0 Å². The van der Waals surface area contributed by atoms with Crippen molar-refractivity contribution in [2.24, 2.45) is 11.3 Å². The van der Waals surface area contributed by atoms with Crippen molar-refractivity contribution in [1.29, 1.82) is 10.5 Å². The van der Waals surface area contributed by atoms with Crippen LogP contribution < -0.4 is 0 Å². The molecule has 0 saturated heterocycles. The van der Waals surface area contributed by atoms with Gasteiger partial charge in [0.15, 0.2) is 5.78 Å². The van der Waals surface area contributed by atoms with Crippen LogP contribution in [-0.2, 0) is 0 Å². The molecule has 4 heteroatoms. The molecular weight excluding hydrogens is 420 g/mol. The lowest BCUT2D eigenvalue weighted by molar-refractivity contribution is 0.0967. The molecule has 0 spiro atoms. The molecule has 1 aliphatic carbocycles. The summed E-state index contributed by atoms with van der Waals surface area (Å²) in [4.78, 5) is 25.3. The quantitative estimate of drug-likeness (QED) is 0.274. The maximum absolute atomic E-state index is 12.7. The van der Waals surface area contributed by atoms with Crippen molar-refractivity contribution in [3.63, 3.8) is 0 Å². The zero-order valence-corrected chi connectivity index (χ0v) is 19.4. The number of benzene rings is 2. The van der Waals surface area contributed by atoms with Gasteiger partial charge in [-0.3, -0.25) is 9.59 Å². The number of rotatable bonds is 7. The highest BCUT2D eigenvalue weighted by molar-refractivity contribution is 6.11. The van der Waals surface area contributed by atoms with Gasteiger partial charge >= 0.3 is 0 Å². The SMILES string of the molecule is CC1(C)CC(=CC=C(C#N)C(=O)c2ccccc2)C=C(C=CC(C#N)C(=O)c2ccccc2)C1. The minimum atomic E-state index is -0.866. The fourth-order valence-electron chi connectivity index (χ4n) is 4.01. The molecular formula is C30H26N2O2. The van der Waals surface area contributed by atoms with Crippen molar-refractivity contribution < 1.29 is 9.59 Å². The molecule has 2 aromatic rings. The monoisotopic (exact) mass is 446 g/mol. The van der Waals surface area contributed by atoms with Crippen molar-refractivity contribution in [3.05, 3.63) is 119 Å². The van der Waals surface area contributed by atoms with E-state index in [9.17, 15) is 20.1 Å². The molecule has 1 atom stereocenters. The number of nitrogens with zero attached hydrogens (tertiary/aromatic N) is 2. The molecule has 0 aromatic heterocycles. The van der Waals surface area contributed by atoms with Crippen LogP contribution in [0.15, 0.2) is 108 Å². The average molecular weight is 447 g/mol. The first kappa shape index (κ1) is 24.4. The van der Waals surface area contributed by atoms with Crippen LogP contribution in [0.25, 0.3) is 0 Å². The number of carbonyl (C=O) groups is 2. The zero-order chi connectivity index (χ0) is 24.6. The van der Waals surface area contributed by atoms with Crippen molar-refractivity contribution in [3.8, 4) is 12.1 Å². The molecule has 0 fully saturated rings. The molecule has 168 valence electrons. The standard InChI is InChI=1S/C30H26N2O2/c1-30(2)18-22(13-15-26(20-31)28(33)24-9-5-3-6-10-24)17-23(19-30)14-16-27(21-32)29(34)25-11-7-4-8-12-25/h3-17,26H,18-19H2,1-2H3. The topological polar surface area (TPSA) is 81.7 Å². The summed E-state index contributed by atoms with van der Waals surface area (Å²) < 4.78 is 0. The molecule has 0 aliphatic heterocycles. The summed E-state index contributed by atoms with van der Waals surface area (Å²) in [6.07, 6.45) is 10.4. The normalized spacial score (nSPS) is 17.5. The van der Waals surface area contributed by atoms with E-state index in [1.165, 1.54) is 0 Å². The van der Waals surface area contributed by atoms with Gasteiger partial charge in [-0.2, -0.15) is 10.5 Å². The van der Waals surface area contributed by atoms with Crippen LogP contribution in [0.1, 0.15) is 47.4 Å². The van der Waals surface area contributed by atoms with Crippen molar-refractivity contribution >= 4 is 11.6 Å². The second-order valence-corrected chi connectivity index (χ2v) is 9.06. The Morgan fingerprint density at radius 1 is 0.941 bits per heavy atom. The van der Waals surface area contributed by atoms with Crippen LogP contribution in [0.4, 0.5) is 0 Å². The third-order valence-electron chi connectivity index (χ3n) is 5.58. The fourth-order valence-corrected chi connectivity index (χ4v) is 4.01. The van der Waals surface area contributed by atoms with Gasteiger partial charge < -0.3 is 0 Å². The molecule has 0 saturated carbocycles. The van der Waals surface area contributed by atoms with Gasteiger partial charge in [0, 0.05) is 11.1 Å². The maximum atomic E-state index is 12.7. The summed E-state index contributed by atoms with van der Waals surface area (Å²) in [5.74, 6) is -1.41. The van der Waals surface area contributed by atoms with E-state index in [4.69, 9.17) is 0 Å². The number of carbonyl (C=O) groups excluding carboxylic acids is 2. The van der Waals surface area contributed by atoms with Crippen molar-refractivity contribution in [1.82, 2.24) is 0 Å². The van der Waals surface area contributed by atoms with Gasteiger partial charge in [0.2, 0.25) is 5.78 Å². The lowest BCUT2D eigenvalue weighted by Gasteiger charge is -2.30. The molecule has 4 nitrogen and oxygen atoms in total. The molecule has 0 radical (unpaired) electrons. The van der Waals surface area contributed by atoms with Crippen LogP contribution in [-0.4, -0.2) is 11.6 Å². The minimum Gasteiger partial charge on any atom is -0.292 e. The highest BCUT2D eigenvalue weighted by atomic mass is 16.1. The largest absolute Gasteiger partial charge is 0.292 e. The first-order chi connectivity index (χ1) is 16.3. The Balaban J connectivity index is 1.85. The summed E-state index contributed by atoms with van der Waals surface area (Å²) in [6.45, 7) is 4.28. The minimum absolute atomic E-state index is 0.0457. The van der Waals surface area contributed by atoms with Crippen LogP contribution in [0.3, 0.4) is 0 Å². The summed E-state index contributed by atoms with van der Waals surface area (Å²) >= 11 is 0. The maximum Gasteiger partial charge on any atom is 0.203 e. The molecule has 2 aromatic carbocycles. The molecule has 0 bridgehead atoms. The lowest BCUT2D eigenvalue weighted by Crippen LogP contribution is -2.17. The Morgan fingerprint density at radius 3 is 2.15 bits per heavy atom. The van der Waals surface area contributed by atoms with Crippen LogP contribution in [0, 0.1) is 34.0 Å². The Kier molecular flexibility index (Phi) is 7.91. The van der Waals surface area contributed by atoms with Gasteiger partial charge in [-0.1, -0.05) is 98.8 Å². The number of allylic oxidation sites excluding steroid dienone is 8. The Labute approximate surface area is 200 Å². The van der Waals surface area contributed by atoms with Crippen molar-refractivity contribution in [2.45, 2.75) is 26.7 Å². The average Bonchev–Trinajstić information content (AvgIpc) is 2.84. The van der Waals surface area contributed by atoms with Gasteiger partial charge in [0.1, 0.15) is 12.0 Å². The predicted molar refractivity (Wildman–Crippen MR) is 133 cm³/mol. The smallest absolute Gasteiger partial charge is 0.203 e. The van der Waals surface area contributed by atoms with E-state index in [1.54, 1.807) is 60.7 Å². The lowest BCUT2D eigenvalue weighted by atomic mass is 9.75. The van der Waals surface area contributed by atoms with E-state index < -0.39 is 5.92 Å². The van der Waals surface area contributed by atoms with Gasteiger partial charge in [-0.15, -0.1) is 0 Å². The van der Waals surface area contributed by atoms with E-state index in [2.05, 4.69) is 19.9 Å². The predicted octanol–water partition coefficient (Wildman–Crippen LogP) is 6.57. The summed E-state index contributed by atoms with van der Waals surface area (Å²) in [5, 5.41) is 19.0. The third-order valence-corrected chi connectivity index (χ3v) is 5.58. The number of hydrogen-bond donors (Lipinski definition) is 0. The number of ketones is 2. The van der Waals surface area contributed by atoms with Crippen LogP contribution in [0.2, 0.25) is 0 Å². The first-order valence-electron chi connectivity index (χ1n) is 11.1. The first-order valence-corrected chi connectivity index (χ1v) is 11.1. The molecule has 3 rings (SSSR count). The highest BCUT2D eigenvalue weighted by Crippen LogP contribution is 2.38. The zero-order valence-electron chi connectivity index (χ0n) is 19.4. The molecule has 1 unspecified atom stereocenters.